The normalized spacial score (nSPS) is 17.3. The van der Waals surface area contributed by atoms with E-state index in [1.807, 2.05) is 13.8 Å². The van der Waals surface area contributed by atoms with Crippen molar-refractivity contribution in [1.29, 1.82) is 0 Å². The first-order valence-corrected chi connectivity index (χ1v) is 13.9. The van der Waals surface area contributed by atoms with Crippen LogP contribution in [0.15, 0.2) is 76.5 Å². The van der Waals surface area contributed by atoms with Gasteiger partial charge in [-0.1, -0.05) is 38.1 Å². The van der Waals surface area contributed by atoms with Crippen molar-refractivity contribution < 1.29 is 32.6 Å². The number of ether oxygens (including phenoxy) is 2. The lowest BCUT2D eigenvalue weighted by Crippen LogP contribution is -2.39. The predicted octanol–water partition coefficient (Wildman–Crippen LogP) is 7.33. The van der Waals surface area contributed by atoms with Crippen molar-refractivity contribution in [2.75, 3.05) is 16.8 Å². The van der Waals surface area contributed by atoms with Crippen molar-refractivity contribution >= 4 is 17.3 Å². The summed E-state index contributed by atoms with van der Waals surface area (Å²) in [5.41, 5.74) is 1.47. The molecule has 2 N–H and O–H groups in total. The van der Waals surface area contributed by atoms with Crippen LogP contribution in [0.2, 0.25) is 0 Å². The zero-order valence-electron chi connectivity index (χ0n) is 24.2. The van der Waals surface area contributed by atoms with Crippen LogP contribution >= 0.6 is 0 Å². The number of carbonyl (C=O) groups is 1. The molecule has 0 radical (unpaired) electrons. The molecule has 2 aliphatic heterocycles. The van der Waals surface area contributed by atoms with Crippen molar-refractivity contribution in [2.45, 2.75) is 46.8 Å². The maximum atomic E-state index is 16.2. The van der Waals surface area contributed by atoms with Gasteiger partial charge in [-0.15, -0.1) is 0 Å². The molecule has 0 fully saturated rings. The molecule has 3 heterocycles. The molecule has 222 valence electrons. The van der Waals surface area contributed by atoms with Gasteiger partial charge in [0.05, 0.1) is 18.0 Å². The molecule has 0 saturated carbocycles. The molecule has 0 aliphatic carbocycles. The Hall–Kier alpha value is -4.86. The zero-order chi connectivity index (χ0) is 30.5. The lowest BCUT2D eigenvalue weighted by Gasteiger charge is -2.37. The van der Waals surface area contributed by atoms with E-state index in [1.54, 1.807) is 50.2 Å². The van der Waals surface area contributed by atoms with E-state index in [9.17, 15) is 14.3 Å². The molecule has 1 atom stereocenters. The third-order valence-electron chi connectivity index (χ3n) is 7.58. The number of nitrogens with one attached hydrogen (secondary N) is 1. The number of fused-ring (bicyclic) bond motifs is 1. The van der Waals surface area contributed by atoms with Crippen LogP contribution in [0.3, 0.4) is 0 Å². The van der Waals surface area contributed by atoms with Crippen molar-refractivity contribution in [1.82, 2.24) is 4.98 Å². The van der Waals surface area contributed by atoms with Gasteiger partial charge in [0.15, 0.2) is 11.6 Å². The van der Waals surface area contributed by atoms with E-state index in [4.69, 9.17) is 13.9 Å². The lowest BCUT2D eigenvalue weighted by atomic mass is 9.85. The van der Waals surface area contributed by atoms with Gasteiger partial charge in [-0.25, -0.2) is 13.8 Å². The molecule has 0 bridgehead atoms. The third kappa shape index (κ3) is 5.29. The quantitative estimate of drug-likeness (QED) is 0.236. The number of nitrogens with zero attached hydrogens (tertiary/aromatic N) is 2. The van der Waals surface area contributed by atoms with Gasteiger partial charge in [-0.3, -0.25) is 9.69 Å². The number of phenolic OH excluding ortho intramolecular Hbond substituents is 1. The number of para-hydroxylation sites is 1. The molecule has 8 nitrogen and oxygen atoms in total. The molecule has 1 unspecified atom stereocenters. The fraction of sp³-hybridized carbons (Fsp3) is 0.273. The van der Waals surface area contributed by atoms with E-state index in [0.29, 0.717) is 47.4 Å². The van der Waals surface area contributed by atoms with E-state index < -0.39 is 23.6 Å². The topological polar surface area (TPSA) is 97.1 Å². The molecule has 1 amide bonds. The number of amides is 1. The predicted molar refractivity (Wildman–Crippen MR) is 156 cm³/mol. The molecule has 0 saturated heterocycles. The summed E-state index contributed by atoms with van der Waals surface area (Å²) in [6.45, 7) is 7.58. The summed E-state index contributed by atoms with van der Waals surface area (Å²) >= 11 is 0. The Labute approximate surface area is 247 Å². The number of carbonyl (C=O) groups excluding carboxylic acids is 1. The fourth-order valence-electron chi connectivity index (χ4n) is 5.54. The molecule has 1 aromatic heterocycles. The number of hydrogen-bond acceptors (Lipinski definition) is 7. The van der Waals surface area contributed by atoms with Crippen LogP contribution in [-0.2, 0) is 11.3 Å². The van der Waals surface area contributed by atoms with Gasteiger partial charge in [-0.05, 0) is 43.7 Å². The van der Waals surface area contributed by atoms with Crippen molar-refractivity contribution in [2.24, 2.45) is 5.41 Å². The number of oxazole rings is 1. The number of anilines is 2. The maximum absolute atomic E-state index is 16.2. The number of rotatable bonds is 5. The van der Waals surface area contributed by atoms with Gasteiger partial charge in [-0.2, -0.15) is 0 Å². The van der Waals surface area contributed by atoms with E-state index in [0.717, 1.165) is 0 Å². The average molecular weight is 588 g/mol. The van der Waals surface area contributed by atoms with E-state index in [1.165, 1.54) is 29.2 Å². The number of halogens is 2. The van der Waals surface area contributed by atoms with Crippen molar-refractivity contribution in [3.63, 3.8) is 0 Å². The van der Waals surface area contributed by atoms with Gasteiger partial charge >= 0.3 is 0 Å². The van der Waals surface area contributed by atoms with Crippen LogP contribution in [0.5, 0.6) is 11.5 Å². The molecular weight excluding hydrogens is 556 g/mol. The van der Waals surface area contributed by atoms with Crippen LogP contribution in [-0.4, -0.2) is 22.6 Å². The third-order valence-corrected chi connectivity index (χ3v) is 7.58. The highest BCUT2D eigenvalue weighted by atomic mass is 19.1. The Morgan fingerprint density at radius 2 is 1.91 bits per heavy atom. The SMILES string of the molecule is Cc1nc(C(=O)N2c3cccc(O)c3NC3=C(OCC(C)(C)C3)C2c2ccc(OCc3ccccc3F)cc2F)c(C)o1. The minimum Gasteiger partial charge on any atom is -0.506 e. The van der Waals surface area contributed by atoms with Gasteiger partial charge in [0.1, 0.15) is 53.0 Å². The average Bonchev–Trinajstić information content (AvgIpc) is 3.22. The molecule has 3 aromatic carbocycles. The first-order valence-electron chi connectivity index (χ1n) is 13.9. The van der Waals surface area contributed by atoms with E-state index in [2.05, 4.69) is 10.3 Å². The lowest BCUT2D eigenvalue weighted by molar-refractivity contribution is 0.0756. The number of allylic oxidation sites excluding steroid dienone is 1. The number of benzene rings is 3. The van der Waals surface area contributed by atoms with Crippen LogP contribution in [0, 0.1) is 30.9 Å². The Morgan fingerprint density at radius 1 is 1.12 bits per heavy atom. The smallest absolute Gasteiger partial charge is 0.281 e. The largest absolute Gasteiger partial charge is 0.506 e. The summed E-state index contributed by atoms with van der Waals surface area (Å²) < 4.78 is 47.9. The van der Waals surface area contributed by atoms with Crippen LogP contribution in [0.4, 0.5) is 20.2 Å². The summed E-state index contributed by atoms with van der Waals surface area (Å²) in [6.07, 6.45) is 0.516. The van der Waals surface area contributed by atoms with Gasteiger partial charge in [0.2, 0.25) is 0 Å². The van der Waals surface area contributed by atoms with Crippen molar-refractivity contribution in [3.05, 3.63) is 112 Å². The molecule has 4 aromatic rings. The standard InChI is InChI=1S/C33H31F2N3O5/c1-18-28(36-19(2)43-18)32(40)38-26-10-7-11-27(39)29(26)37-25-15-33(3,4)17-42-31(25)30(38)22-13-12-21(14-24(22)35)41-16-20-8-5-6-9-23(20)34/h5-14,30,37,39H,15-17H2,1-4H3. The molecule has 6 rings (SSSR count). The minimum atomic E-state index is -1.08. The first kappa shape index (κ1) is 28.3. The van der Waals surface area contributed by atoms with E-state index in [-0.39, 0.29) is 40.5 Å². The Kier molecular flexibility index (Phi) is 7.07. The summed E-state index contributed by atoms with van der Waals surface area (Å²) in [5.74, 6) is -0.583. The molecule has 0 spiro atoms. The molecule has 2 aliphatic rings. The summed E-state index contributed by atoms with van der Waals surface area (Å²) in [6, 6.07) is 14.2. The molecule has 43 heavy (non-hydrogen) atoms. The van der Waals surface area contributed by atoms with Crippen LogP contribution in [0.1, 0.15) is 59.6 Å². The highest BCUT2D eigenvalue weighted by Gasteiger charge is 2.43. The van der Waals surface area contributed by atoms with Crippen LogP contribution in [0.25, 0.3) is 0 Å². The highest BCUT2D eigenvalue weighted by molar-refractivity contribution is 6.09. The van der Waals surface area contributed by atoms with Gasteiger partial charge in [0, 0.05) is 29.5 Å². The number of aromatic hydroxyl groups is 1. The monoisotopic (exact) mass is 587 g/mol. The fourth-order valence-corrected chi connectivity index (χ4v) is 5.54. The Bertz CT molecular complexity index is 1760. The summed E-state index contributed by atoms with van der Waals surface area (Å²) in [4.78, 5) is 20.1. The second kappa shape index (κ2) is 10.8. The molecular formula is C33H31F2N3O5. The number of aryl methyl sites for hydroxylation is 2. The summed E-state index contributed by atoms with van der Waals surface area (Å²) in [5, 5.41) is 14.2. The first-order chi connectivity index (χ1) is 20.5. The maximum Gasteiger partial charge on any atom is 0.281 e. The second-order valence-electron chi connectivity index (χ2n) is 11.5. The highest BCUT2D eigenvalue weighted by Crippen LogP contribution is 2.50. The van der Waals surface area contributed by atoms with Gasteiger partial charge < -0.3 is 24.3 Å². The number of phenols is 1. The van der Waals surface area contributed by atoms with Crippen LogP contribution < -0.4 is 15.0 Å². The second-order valence-corrected chi connectivity index (χ2v) is 11.5. The van der Waals surface area contributed by atoms with E-state index >= 15 is 4.39 Å². The van der Waals surface area contributed by atoms with Gasteiger partial charge in [0.25, 0.3) is 5.91 Å². The number of hydrogen-bond donors (Lipinski definition) is 2. The molecule has 10 heteroatoms. The Morgan fingerprint density at radius 3 is 2.63 bits per heavy atom. The number of aromatic nitrogens is 1. The zero-order valence-corrected chi connectivity index (χ0v) is 24.2. The minimum absolute atomic E-state index is 0.0576. The Balaban J connectivity index is 1.50. The summed E-state index contributed by atoms with van der Waals surface area (Å²) in [7, 11) is 0. The van der Waals surface area contributed by atoms with Crippen molar-refractivity contribution in [3.8, 4) is 11.5 Å².